The lowest BCUT2D eigenvalue weighted by molar-refractivity contribution is 0.352. The van der Waals surface area contributed by atoms with Gasteiger partial charge in [0.2, 0.25) is 0 Å². The van der Waals surface area contributed by atoms with E-state index in [9.17, 15) is 0 Å². The number of halogens is 1. The number of nitrogens with zero attached hydrogens (tertiary/aromatic N) is 2. The number of aromatic nitrogens is 2. The van der Waals surface area contributed by atoms with E-state index in [1.54, 1.807) is 6.20 Å². The topological polar surface area (TPSA) is 37.8 Å². The summed E-state index contributed by atoms with van der Waals surface area (Å²) in [6.45, 7) is 0. The summed E-state index contributed by atoms with van der Waals surface area (Å²) in [5, 5.41) is 11.3. The predicted octanol–water partition coefficient (Wildman–Crippen LogP) is 2.69. The Balaban J connectivity index is 1.97. The molecular formula is C11H16ClN3. The van der Waals surface area contributed by atoms with Crippen molar-refractivity contribution < 1.29 is 0 Å². The second-order valence-electron chi connectivity index (χ2n) is 4.06. The fourth-order valence-electron chi connectivity index (χ4n) is 2.15. The average Bonchev–Trinajstić information content (AvgIpc) is 2.31. The molecule has 0 amide bonds. The molecule has 1 fully saturated rings. The summed E-state index contributed by atoms with van der Waals surface area (Å²) in [6.07, 6.45) is 6.68. The highest BCUT2D eigenvalue weighted by Gasteiger charge is 2.24. The Morgan fingerprint density at radius 1 is 1.40 bits per heavy atom. The first-order chi connectivity index (χ1) is 7.40. The molecule has 1 aliphatic carbocycles. The van der Waals surface area contributed by atoms with E-state index in [1.807, 2.05) is 12.1 Å². The minimum absolute atomic E-state index is 0.466. The van der Waals surface area contributed by atoms with Gasteiger partial charge in [0.05, 0.1) is 0 Å². The molecule has 0 saturated heterocycles. The van der Waals surface area contributed by atoms with Gasteiger partial charge < -0.3 is 5.32 Å². The van der Waals surface area contributed by atoms with E-state index in [4.69, 9.17) is 11.6 Å². The molecule has 2 unspecified atom stereocenters. The molecule has 1 aromatic rings. The predicted molar refractivity (Wildman–Crippen MR) is 62.1 cm³/mol. The maximum absolute atomic E-state index is 5.97. The molecule has 82 valence electrons. The lowest BCUT2D eigenvalue weighted by atomic mass is 9.86. The number of hydrogen-bond donors (Lipinski definition) is 1. The van der Waals surface area contributed by atoms with E-state index >= 15 is 0 Å². The fourth-order valence-corrected chi connectivity index (χ4v) is 2.52. The molecule has 1 aliphatic rings. The van der Waals surface area contributed by atoms with Crippen molar-refractivity contribution in [2.45, 2.75) is 31.7 Å². The van der Waals surface area contributed by atoms with Crippen LogP contribution in [-0.4, -0.2) is 22.1 Å². The highest BCUT2D eigenvalue weighted by Crippen LogP contribution is 2.27. The second kappa shape index (κ2) is 5.31. The van der Waals surface area contributed by atoms with Gasteiger partial charge in [0.1, 0.15) is 5.82 Å². The van der Waals surface area contributed by atoms with E-state index in [2.05, 4.69) is 15.5 Å². The van der Waals surface area contributed by atoms with Crippen LogP contribution in [0.5, 0.6) is 0 Å². The van der Waals surface area contributed by atoms with Crippen LogP contribution in [0.2, 0.25) is 0 Å². The van der Waals surface area contributed by atoms with Crippen LogP contribution in [0.25, 0.3) is 0 Å². The van der Waals surface area contributed by atoms with Crippen LogP contribution in [0, 0.1) is 5.92 Å². The smallest absolute Gasteiger partial charge is 0.148 e. The molecule has 15 heavy (non-hydrogen) atoms. The molecule has 4 heteroatoms. The van der Waals surface area contributed by atoms with E-state index in [1.165, 1.54) is 25.7 Å². The lowest BCUT2D eigenvalue weighted by Gasteiger charge is -2.30. The summed E-state index contributed by atoms with van der Waals surface area (Å²) in [5.41, 5.74) is 0. The van der Waals surface area contributed by atoms with Crippen molar-refractivity contribution in [3.63, 3.8) is 0 Å². The minimum Gasteiger partial charge on any atom is -0.366 e. The third-order valence-corrected chi connectivity index (χ3v) is 3.41. The first kappa shape index (κ1) is 10.7. The Labute approximate surface area is 95.2 Å². The third kappa shape index (κ3) is 2.81. The highest BCUT2D eigenvalue weighted by atomic mass is 35.5. The SMILES string of the molecule is ClCC1CCCCC1Nc1cccnn1. The number of hydrogen-bond acceptors (Lipinski definition) is 3. The summed E-state index contributed by atoms with van der Waals surface area (Å²) in [5.74, 6) is 2.17. The molecule has 1 saturated carbocycles. The summed E-state index contributed by atoms with van der Waals surface area (Å²) >= 11 is 5.97. The Hall–Kier alpha value is -0.830. The zero-order valence-electron chi connectivity index (χ0n) is 8.69. The van der Waals surface area contributed by atoms with Gasteiger partial charge >= 0.3 is 0 Å². The van der Waals surface area contributed by atoms with Gasteiger partial charge in [-0.3, -0.25) is 0 Å². The molecule has 1 heterocycles. The lowest BCUT2D eigenvalue weighted by Crippen LogP contribution is -2.33. The average molecular weight is 226 g/mol. The molecule has 0 aromatic carbocycles. The van der Waals surface area contributed by atoms with E-state index < -0.39 is 0 Å². The van der Waals surface area contributed by atoms with Crippen molar-refractivity contribution in [1.29, 1.82) is 0 Å². The zero-order chi connectivity index (χ0) is 10.5. The maximum Gasteiger partial charge on any atom is 0.148 e. The molecule has 2 atom stereocenters. The number of nitrogens with one attached hydrogen (secondary N) is 1. The monoisotopic (exact) mass is 225 g/mol. The molecule has 1 aromatic heterocycles. The summed E-state index contributed by atoms with van der Waals surface area (Å²) in [7, 11) is 0. The van der Waals surface area contributed by atoms with Gasteiger partial charge in [-0.25, -0.2) is 0 Å². The highest BCUT2D eigenvalue weighted by molar-refractivity contribution is 6.18. The second-order valence-corrected chi connectivity index (χ2v) is 4.37. The maximum atomic E-state index is 5.97. The van der Waals surface area contributed by atoms with Crippen LogP contribution in [0.1, 0.15) is 25.7 Å². The Morgan fingerprint density at radius 2 is 2.27 bits per heavy atom. The summed E-state index contributed by atoms with van der Waals surface area (Å²) in [4.78, 5) is 0. The number of rotatable bonds is 3. The third-order valence-electron chi connectivity index (χ3n) is 3.01. The van der Waals surface area contributed by atoms with Gasteiger partial charge in [-0.2, -0.15) is 5.10 Å². The first-order valence-corrected chi connectivity index (χ1v) is 6.04. The van der Waals surface area contributed by atoms with Crippen molar-refractivity contribution >= 4 is 17.4 Å². The zero-order valence-corrected chi connectivity index (χ0v) is 9.45. The quantitative estimate of drug-likeness (QED) is 0.804. The van der Waals surface area contributed by atoms with Crippen LogP contribution < -0.4 is 5.32 Å². The molecule has 0 bridgehead atoms. The van der Waals surface area contributed by atoms with Crippen LogP contribution in [0.4, 0.5) is 5.82 Å². The van der Waals surface area contributed by atoms with Gasteiger partial charge in [0.25, 0.3) is 0 Å². The van der Waals surface area contributed by atoms with Crippen molar-refractivity contribution in [3.8, 4) is 0 Å². The minimum atomic E-state index is 0.466. The van der Waals surface area contributed by atoms with Crippen molar-refractivity contribution in [3.05, 3.63) is 18.3 Å². The van der Waals surface area contributed by atoms with Gasteiger partial charge in [-0.15, -0.1) is 16.7 Å². The normalized spacial score (nSPS) is 26.2. The van der Waals surface area contributed by atoms with E-state index in [0.717, 1.165) is 11.7 Å². The van der Waals surface area contributed by atoms with Gasteiger partial charge in [-0.05, 0) is 30.9 Å². The van der Waals surface area contributed by atoms with Crippen molar-refractivity contribution in [2.75, 3.05) is 11.2 Å². The molecule has 3 nitrogen and oxygen atoms in total. The summed E-state index contributed by atoms with van der Waals surface area (Å²) in [6, 6.07) is 4.31. The van der Waals surface area contributed by atoms with Gasteiger partial charge in [-0.1, -0.05) is 12.8 Å². The Morgan fingerprint density at radius 3 is 3.00 bits per heavy atom. The Bertz CT molecular complexity index is 291. The van der Waals surface area contributed by atoms with Gasteiger partial charge in [0.15, 0.2) is 0 Å². The van der Waals surface area contributed by atoms with Crippen LogP contribution >= 0.6 is 11.6 Å². The van der Waals surface area contributed by atoms with Crippen LogP contribution in [-0.2, 0) is 0 Å². The molecular weight excluding hydrogens is 210 g/mol. The first-order valence-electron chi connectivity index (χ1n) is 5.50. The molecule has 0 radical (unpaired) electrons. The van der Waals surface area contributed by atoms with Crippen LogP contribution in [0.15, 0.2) is 18.3 Å². The molecule has 2 rings (SSSR count). The summed E-state index contributed by atoms with van der Waals surface area (Å²) < 4.78 is 0. The fraction of sp³-hybridized carbons (Fsp3) is 0.636. The number of anilines is 1. The number of alkyl halides is 1. The van der Waals surface area contributed by atoms with Crippen molar-refractivity contribution in [2.24, 2.45) is 5.92 Å². The largest absolute Gasteiger partial charge is 0.366 e. The molecule has 0 spiro atoms. The van der Waals surface area contributed by atoms with Crippen molar-refractivity contribution in [1.82, 2.24) is 10.2 Å². The van der Waals surface area contributed by atoms with E-state index in [-0.39, 0.29) is 0 Å². The molecule has 1 N–H and O–H groups in total. The van der Waals surface area contributed by atoms with Gasteiger partial charge in [0, 0.05) is 18.1 Å². The van der Waals surface area contributed by atoms with Crippen LogP contribution in [0.3, 0.4) is 0 Å². The standard InChI is InChI=1S/C11H16ClN3/c12-8-9-4-1-2-5-10(9)14-11-6-3-7-13-15-11/h3,6-7,9-10H,1-2,4-5,8H2,(H,14,15). The Kier molecular flexibility index (Phi) is 3.78. The van der Waals surface area contributed by atoms with E-state index in [0.29, 0.717) is 12.0 Å². The molecule has 0 aliphatic heterocycles.